The fraction of sp³-hybridized carbons (Fsp3) is 0.667. The van der Waals surface area contributed by atoms with Crippen molar-refractivity contribution in [1.82, 2.24) is 5.32 Å². The van der Waals surface area contributed by atoms with Gasteiger partial charge in [0.05, 0.1) is 5.60 Å². The maximum absolute atomic E-state index is 5.45. The molecule has 0 aliphatic carbocycles. The van der Waals surface area contributed by atoms with Crippen LogP contribution in [0.2, 0.25) is 0 Å². The summed E-state index contributed by atoms with van der Waals surface area (Å²) in [7, 11) is 3.79. The number of likely N-dealkylation sites (N-methyl/N-ethyl adjacent to an activating group) is 1. The quantitative estimate of drug-likeness (QED) is 0.807. The van der Waals surface area contributed by atoms with Gasteiger partial charge in [0.1, 0.15) is 0 Å². The topological polar surface area (TPSA) is 21.3 Å². The minimum absolute atomic E-state index is 0.0519. The summed E-state index contributed by atoms with van der Waals surface area (Å²) in [6.07, 6.45) is 2.10. The zero-order valence-corrected chi connectivity index (χ0v) is 10.9. The van der Waals surface area contributed by atoms with E-state index in [-0.39, 0.29) is 5.60 Å². The molecular formula is C12H21NOS. The van der Waals surface area contributed by atoms with Crippen LogP contribution in [0.1, 0.15) is 25.8 Å². The molecule has 3 heteroatoms. The molecule has 1 aromatic heterocycles. The number of hydrogen-bond acceptors (Lipinski definition) is 3. The highest BCUT2D eigenvalue weighted by molar-refractivity contribution is 7.07. The molecule has 0 amide bonds. The Labute approximate surface area is 96.7 Å². The van der Waals surface area contributed by atoms with Gasteiger partial charge in [-0.25, -0.2) is 0 Å². The van der Waals surface area contributed by atoms with Gasteiger partial charge in [0, 0.05) is 13.2 Å². The first kappa shape index (κ1) is 12.7. The molecule has 15 heavy (non-hydrogen) atoms. The van der Waals surface area contributed by atoms with Crippen LogP contribution in [0, 0.1) is 0 Å². The maximum Gasteiger partial charge on any atom is 0.0637 e. The Kier molecular flexibility index (Phi) is 4.77. The summed E-state index contributed by atoms with van der Waals surface area (Å²) in [6.45, 7) is 4.26. The average molecular weight is 227 g/mol. The van der Waals surface area contributed by atoms with E-state index in [1.54, 1.807) is 18.4 Å². The zero-order valence-electron chi connectivity index (χ0n) is 10.0. The summed E-state index contributed by atoms with van der Waals surface area (Å²) in [5.74, 6) is 0. The molecule has 0 bridgehead atoms. The van der Waals surface area contributed by atoms with Gasteiger partial charge >= 0.3 is 0 Å². The number of ether oxygens (including phenoxy) is 1. The summed E-state index contributed by atoms with van der Waals surface area (Å²) >= 11 is 1.76. The van der Waals surface area contributed by atoms with Gasteiger partial charge in [-0.15, -0.1) is 0 Å². The fourth-order valence-electron chi connectivity index (χ4n) is 1.65. The van der Waals surface area contributed by atoms with Crippen molar-refractivity contribution < 1.29 is 4.74 Å². The van der Waals surface area contributed by atoms with E-state index in [0.717, 1.165) is 12.8 Å². The van der Waals surface area contributed by atoms with Gasteiger partial charge in [-0.05, 0) is 56.1 Å². The van der Waals surface area contributed by atoms with Crippen LogP contribution in [0.5, 0.6) is 0 Å². The molecule has 86 valence electrons. The summed E-state index contributed by atoms with van der Waals surface area (Å²) in [6, 6.07) is 2.67. The molecule has 0 aliphatic heterocycles. The van der Waals surface area contributed by atoms with Crippen molar-refractivity contribution in [2.45, 2.75) is 38.3 Å². The van der Waals surface area contributed by atoms with E-state index in [1.807, 2.05) is 7.05 Å². The maximum atomic E-state index is 5.45. The Morgan fingerprint density at radius 1 is 1.53 bits per heavy atom. The van der Waals surface area contributed by atoms with Crippen LogP contribution in [-0.4, -0.2) is 25.8 Å². The van der Waals surface area contributed by atoms with Crippen LogP contribution in [0.15, 0.2) is 16.8 Å². The molecule has 0 spiro atoms. The molecule has 0 saturated heterocycles. The Hall–Kier alpha value is -0.380. The van der Waals surface area contributed by atoms with Gasteiger partial charge in [0.15, 0.2) is 0 Å². The van der Waals surface area contributed by atoms with Crippen LogP contribution >= 0.6 is 11.3 Å². The Morgan fingerprint density at radius 3 is 2.73 bits per heavy atom. The normalized spacial score (nSPS) is 14.1. The van der Waals surface area contributed by atoms with E-state index >= 15 is 0 Å². The second-order valence-corrected chi connectivity index (χ2v) is 5.27. The third kappa shape index (κ3) is 4.33. The lowest BCUT2D eigenvalue weighted by Gasteiger charge is -2.28. The van der Waals surface area contributed by atoms with Crippen molar-refractivity contribution in [1.29, 1.82) is 0 Å². The molecule has 1 unspecified atom stereocenters. The first-order valence-corrected chi connectivity index (χ1v) is 6.25. The number of nitrogens with one attached hydrogen (secondary N) is 1. The highest BCUT2D eigenvalue weighted by Crippen LogP contribution is 2.18. The monoisotopic (exact) mass is 227 g/mol. The highest BCUT2D eigenvalue weighted by atomic mass is 32.1. The molecule has 2 nitrogen and oxygen atoms in total. The van der Waals surface area contributed by atoms with Crippen LogP contribution in [0.3, 0.4) is 0 Å². The molecule has 1 N–H and O–H groups in total. The Bertz CT molecular complexity index is 269. The smallest absolute Gasteiger partial charge is 0.0637 e. The molecule has 1 atom stereocenters. The van der Waals surface area contributed by atoms with E-state index in [9.17, 15) is 0 Å². The lowest BCUT2D eigenvalue weighted by molar-refractivity contribution is 0.00773. The second-order valence-electron chi connectivity index (χ2n) is 4.49. The van der Waals surface area contributed by atoms with Gasteiger partial charge < -0.3 is 10.1 Å². The number of methoxy groups -OCH3 is 1. The molecule has 1 rings (SSSR count). The highest BCUT2D eigenvalue weighted by Gasteiger charge is 2.21. The van der Waals surface area contributed by atoms with E-state index in [4.69, 9.17) is 4.74 Å². The first-order chi connectivity index (χ1) is 7.07. The second kappa shape index (κ2) is 5.64. The van der Waals surface area contributed by atoms with Crippen LogP contribution in [0.4, 0.5) is 0 Å². The van der Waals surface area contributed by atoms with Gasteiger partial charge in [0.2, 0.25) is 0 Å². The van der Waals surface area contributed by atoms with Crippen LogP contribution in [-0.2, 0) is 11.2 Å². The van der Waals surface area contributed by atoms with Gasteiger partial charge in [0.25, 0.3) is 0 Å². The minimum Gasteiger partial charge on any atom is -0.379 e. The van der Waals surface area contributed by atoms with Crippen molar-refractivity contribution in [3.63, 3.8) is 0 Å². The third-order valence-electron chi connectivity index (χ3n) is 2.76. The van der Waals surface area contributed by atoms with Crippen molar-refractivity contribution in [2.75, 3.05) is 14.2 Å². The number of thiophene rings is 1. The van der Waals surface area contributed by atoms with Gasteiger partial charge in [-0.2, -0.15) is 11.3 Å². The molecule has 0 fully saturated rings. The van der Waals surface area contributed by atoms with E-state index < -0.39 is 0 Å². The molecule has 1 heterocycles. The van der Waals surface area contributed by atoms with Gasteiger partial charge in [-0.1, -0.05) is 0 Å². The predicted octanol–water partition coefficient (Wildman–Crippen LogP) is 2.69. The minimum atomic E-state index is -0.0519. The van der Waals surface area contributed by atoms with E-state index in [1.165, 1.54) is 5.56 Å². The molecule has 0 aliphatic rings. The number of hydrogen-bond donors (Lipinski definition) is 1. The largest absolute Gasteiger partial charge is 0.379 e. The summed E-state index contributed by atoms with van der Waals surface area (Å²) in [5.41, 5.74) is 1.36. The first-order valence-electron chi connectivity index (χ1n) is 5.31. The number of rotatable bonds is 6. The predicted molar refractivity (Wildman–Crippen MR) is 66.6 cm³/mol. The lowest BCUT2D eigenvalue weighted by Crippen LogP contribution is -2.37. The van der Waals surface area contributed by atoms with E-state index in [2.05, 4.69) is 36.0 Å². The molecule has 0 aromatic carbocycles. The Balaban J connectivity index is 2.50. The van der Waals surface area contributed by atoms with E-state index in [0.29, 0.717) is 6.04 Å². The molecular weight excluding hydrogens is 206 g/mol. The zero-order chi connectivity index (χ0) is 11.3. The van der Waals surface area contributed by atoms with Crippen LogP contribution in [0.25, 0.3) is 0 Å². The third-order valence-corrected chi connectivity index (χ3v) is 3.49. The van der Waals surface area contributed by atoms with Crippen molar-refractivity contribution in [2.24, 2.45) is 0 Å². The molecule has 0 saturated carbocycles. The van der Waals surface area contributed by atoms with Gasteiger partial charge in [-0.3, -0.25) is 0 Å². The van der Waals surface area contributed by atoms with Crippen molar-refractivity contribution in [3.8, 4) is 0 Å². The summed E-state index contributed by atoms with van der Waals surface area (Å²) < 4.78 is 5.45. The average Bonchev–Trinajstić information content (AvgIpc) is 2.69. The fourth-order valence-corrected chi connectivity index (χ4v) is 2.33. The summed E-state index contributed by atoms with van der Waals surface area (Å²) in [5, 5.41) is 7.70. The molecule has 0 radical (unpaired) electrons. The van der Waals surface area contributed by atoms with Crippen LogP contribution < -0.4 is 5.32 Å². The van der Waals surface area contributed by atoms with Crippen molar-refractivity contribution >= 4 is 11.3 Å². The van der Waals surface area contributed by atoms with Crippen molar-refractivity contribution in [3.05, 3.63) is 22.4 Å². The summed E-state index contributed by atoms with van der Waals surface area (Å²) in [4.78, 5) is 0. The Morgan fingerprint density at radius 2 is 2.27 bits per heavy atom. The SMILES string of the molecule is CNC(Cc1ccsc1)CC(C)(C)OC. The standard InChI is InChI=1S/C12H21NOS/c1-12(2,14-4)8-11(13-3)7-10-5-6-15-9-10/h5-6,9,11,13H,7-8H2,1-4H3. The lowest BCUT2D eigenvalue weighted by atomic mass is 9.95. The molecule has 1 aromatic rings.